The van der Waals surface area contributed by atoms with Crippen molar-refractivity contribution in [3.05, 3.63) is 66.9 Å². The third-order valence-corrected chi connectivity index (χ3v) is 7.48. The summed E-state index contributed by atoms with van der Waals surface area (Å²) < 4.78 is 7.82. The van der Waals surface area contributed by atoms with Gasteiger partial charge in [-0.25, -0.2) is 24.5 Å². The number of benzene rings is 1. The van der Waals surface area contributed by atoms with Crippen LogP contribution in [-0.2, 0) is 0 Å². The number of rotatable bonds is 5. The van der Waals surface area contributed by atoms with Gasteiger partial charge in [-0.05, 0) is 68.3 Å². The van der Waals surface area contributed by atoms with Crippen molar-refractivity contribution in [2.45, 2.75) is 19.8 Å². The van der Waals surface area contributed by atoms with Crippen LogP contribution in [0.2, 0.25) is 0 Å². The second-order valence-electron chi connectivity index (χ2n) is 9.99. The van der Waals surface area contributed by atoms with E-state index >= 15 is 0 Å². The lowest BCUT2D eigenvalue weighted by molar-refractivity contribution is 0.369. The summed E-state index contributed by atoms with van der Waals surface area (Å²) in [5, 5.41) is 11.1. The molecule has 0 amide bonds. The van der Waals surface area contributed by atoms with Crippen molar-refractivity contribution in [1.29, 1.82) is 0 Å². The molecule has 2 aliphatic rings. The van der Waals surface area contributed by atoms with Crippen LogP contribution in [0.3, 0.4) is 0 Å². The molecule has 5 aromatic rings. The number of ether oxygens (including phenoxy) is 1. The van der Waals surface area contributed by atoms with Gasteiger partial charge in [-0.15, -0.1) is 0 Å². The topological polar surface area (TPSA) is 105 Å². The number of fused-ring (bicyclic) bond motifs is 2. The van der Waals surface area contributed by atoms with Crippen molar-refractivity contribution in [3.8, 4) is 11.5 Å². The van der Waals surface area contributed by atoms with E-state index in [1.54, 1.807) is 10.8 Å². The van der Waals surface area contributed by atoms with Crippen molar-refractivity contribution >= 4 is 34.0 Å². The number of hydrogen-bond donors (Lipinski definition) is 2. The molecule has 0 radical (unpaired) electrons. The Morgan fingerprint density at radius 1 is 1.03 bits per heavy atom. The first-order chi connectivity index (χ1) is 18.1. The molecule has 0 bridgehead atoms. The molecule has 1 unspecified atom stereocenters. The summed E-state index contributed by atoms with van der Waals surface area (Å²) in [5.74, 6) is 3.15. The van der Waals surface area contributed by atoms with Crippen LogP contribution < -0.4 is 20.3 Å². The van der Waals surface area contributed by atoms with Crippen LogP contribution in [-0.4, -0.2) is 55.7 Å². The monoisotopic (exact) mass is 493 g/mol. The summed E-state index contributed by atoms with van der Waals surface area (Å²) in [7, 11) is 0. The Morgan fingerprint density at radius 2 is 2.00 bits per heavy atom. The highest BCUT2D eigenvalue weighted by Gasteiger charge is 2.40. The highest BCUT2D eigenvalue weighted by molar-refractivity contribution is 5.88. The lowest BCUT2D eigenvalue weighted by Crippen LogP contribution is -2.29. The third kappa shape index (κ3) is 4.09. The molecule has 1 atom stereocenters. The highest BCUT2D eigenvalue weighted by atomic mass is 16.5. The van der Waals surface area contributed by atoms with Gasteiger partial charge in [0.05, 0.1) is 5.52 Å². The predicted molar refractivity (Wildman–Crippen MR) is 142 cm³/mol. The summed E-state index contributed by atoms with van der Waals surface area (Å²) in [4.78, 5) is 20.6. The number of nitrogens with one attached hydrogen (secondary N) is 2. The summed E-state index contributed by atoms with van der Waals surface area (Å²) in [6.45, 7) is 6.30. The fourth-order valence-electron chi connectivity index (χ4n) is 5.44. The van der Waals surface area contributed by atoms with Gasteiger partial charge in [0.25, 0.3) is 0 Å². The first kappa shape index (κ1) is 21.9. The van der Waals surface area contributed by atoms with Crippen LogP contribution in [0.4, 0.5) is 17.3 Å². The van der Waals surface area contributed by atoms with Crippen molar-refractivity contribution in [3.63, 3.8) is 0 Å². The first-order valence-electron chi connectivity index (χ1n) is 12.6. The second-order valence-corrected chi connectivity index (χ2v) is 9.99. The zero-order valence-corrected chi connectivity index (χ0v) is 20.6. The van der Waals surface area contributed by atoms with Gasteiger partial charge in [-0.1, -0.05) is 0 Å². The molecule has 0 aliphatic carbocycles. The molecule has 2 fully saturated rings. The number of hydrogen-bond acceptors (Lipinski definition) is 9. The van der Waals surface area contributed by atoms with Gasteiger partial charge in [0.15, 0.2) is 11.5 Å². The lowest BCUT2D eigenvalue weighted by atomic mass is 9.87. The average molecular weight is 494 g/mol. The van der Waals surface area contributed by atoms with Gasteiger partial charge in [-0.2, -0.15) is 5.10 Å². The third-order valence-electron chi connectivity index (χ3n) is 7.48. The summed E-state index contributed by atoms with van der Waals surface area (Å²) in [5.41, 5.74) is 4.60. The van der Waals surface area contributed by atoms with Gasteiger partial charge in [0, 0.05) is 43.0 Å². The summed E-state index contributed by atoms with van der Waals surface area (Å²) >= 11 is 0. The molecule has 2 N–H and O–H groups in total. The lowest BCUT2D eigenvalue weighted by Gasteiger charge is -2.23. The quantitative estimate of drug-likeness (QED) is 0.374. The van der Waals surface area contributed by atoms with Crippen LogP contribution in [0.1, 0.15) is 18.4 Å². The van der Waals surface area contributed by atoms with Gasteiger partial charge >= 0.3 is 0 Å². The molecule has 4 aromatic heterocycles. The Bertz CT molecular complexity index is 1610. The van der Waals surface area contributed by atoms with E-state index in [2.05, 4.69) is 41.7 Å². The predicted octanol–water partition coefficient (Wildman–Crippen LogP) is 4.10. The Morgan fingerprint density at radius 3 is 2.89 bits per heavy atom. The first-order valence-corrected chi connectivity index (χ1v) is 12.6. The van der Waals surface area contributed by atoms with Crippen molar-refractivity contribution < 1.29 is 4.74 Å². The maximum absolute atomic E-state index is 6.12. The molecule has 1 spiro atoms. The van der Waals surface area contributed by atoms with E-state index in [9.17, 15) is 0 Å². The van der Waals surface area contributed by atoms with E-state index in [1.807, 2.05) is 49.5 Å². The molecule has 2 saturated heterocycles. The minimum atomic E-state index is 0.382. The minimum absolute atomic E-state index is 0.382. The molecule has 10 heteroatoms. The van der Waals surface area contributed by atoms with Gasteiger partial charge < -0.3 is 20.3 Å². The van der Waals surface area contributed by atoms with Crippen LogP contribution in [0.25, 0.3) is 16.7 Å². The minimum Gasteiger partial charge on any atom is -0.457 e. The molecule has 37 heavy (non-hydrogen) atoms. The Hall–Kier alpha value is -4.31. The smallest absolute Gasteiger partial charge is 0.160 e. The second kappa shape index (κ2) is 8.67. The maximum atomic E-state index is 6.12. The Balaban J connectivity index is 1.13. The van der Waals surface area contributed by atoms with Crippen molar-refractivity contribution in [2.24, 2.45) is 5.41 Å². The SMILES string of the molecule is Cc1cc(Nc2ncnc3ccc(N4CCC5(CCNC5)C4)nc23)ccc1Oc1ccn2ncnc2c1. The zero-order valence-electron chi connectivity index (χ0n) is 20.6. The van der Waals surface area contributed by atoms with Gasteiger partial charge in [0.1, 0.15) is 35.5 Å². The number of anilines is 3. The fourth-order valence-corrected chi connectivity index (χ4v) is 5.44. The molecular formula is C27H27N9O. The molecule has 186 valence electrons. The molecule has 6 heterocycles. The van der Waals surface area contributed by atoms with E-state index < -0.39 is 0 Å². The van der Waals surface area contributed by atoms with E-state index in [-0.39, 0.29) is 0 Å². The van der Waals surface area contributed by atoms with Crippen LogP contribution in [0.5, 0.6) is 11.5 Å². The molecule has 7 rings (SSSR count). The van der Waals surface area contributed by atoms with Gasteiger partial charge in [-0.3, -0.25) is 0 Å². The number of nitrogens with zero attached hydrogens (tertiary/aromatic N) is 7. The highest BCUT2D eigenvalue weighted by Crippen LogP contribution is 2.38. The molecular weight excluding hydrogens is 466 g/mol. The molecule has 2 aliphatic heterocycles. The number of aromatic nitrogens is 6. The zero-order chi connectivity index (χ0) is 24.8. The maximum Gasteiger partial charge on any atom is 0.160 e. The molecule has 10 nitrogen and oxygen atoms in total. The molecule has 1 aromatic carbocycles. The fraction of sp³-hybridized carbons (Fsp3) is 0.296. The molecule has 0 saturated carbocycles. The van der Waals surface area contributed by atoms with Crippen LogP contribution in [0.15, 0.2) is 61.3 Å². The van der Waals surface area contributed by atoms with Crippen molar-refractivity contribution in [1.82, 2.24) is 34.9 Å². The van der Waals surface area contributed by atoms with E-state index in [1.165, 1.54) is 19.2 Å². The Labute approximate surface area is 213 Å². The Kier molecular flexibility index (Phi) is 5.14. The number of pyridine rings is 2. The van der Waals surface area contributed by atoms with Gasteiger partial charge in [0.2, 0.25) is 0 Å². The normalized spacial score (nSPS) is 19.3. The van der Waals surface area contributed by atoms with E-state index in [4.69, 9.17) is 9.72 Å². The summed E-state index contributed by atoms with van der Waals surface area (Å²) in [6.07, 6.45) is 7.37. The average Bonchev–Trinajstić information content (AvgIpc) is 3.67. The summed E-state index contributed by atoms with van der Waals surface area (Å²) in [6, 6.07) is 13.8. The van der Waals surface area contributed by atoms with E-state index in [0.29, 0.717) is 17.0 Å². The van der Waals surface area contributed by atoms with E-state index in [0.717, 1.165) is 65.7 Å². The van der Waals surface area contributed by atoms with Crippen LogP contribution >= 0.6 is 0 Å². The largest absolute Gasteiger partial charge is 0.457 e. The van der Waals surface area contributed by atoms with Crippen molar-refractivity contribution in [2.75, 3.05) is 36.4 Å². The van der Waals surface area contributed by atoms with Crippen LogP contribution in [0, 0.1) is 12.3 Å². The number of aryl methyl sites for hydroxylation is 1. The standard InChI is InChI=1S/C27H27N9O/c1-18-12-19(2-4-22(18)37-20-6-10-36-24(13-20)30-17-32-36)33-26-25-21(29-16-31-26)3-5-23(34-25)35-11-8-27(15-35)7-9-28-14-27/h2-6,10,12-13,16-17,28H,7-9,11,14-15H2,1H3,(H,29,31,33).